The molecule has 8 heteroatoms. The Morgan fingerprint density at radius 2 is 1.95 bits per heavy atom. The number of anilines is 1. The molecule has 1 aromatic carbocycles. The highest BCUT2D eigenvalue weighted by Crippen LogP contribution is 2.24. The maximum Gasteiger partial charge on any atom is 0.339 e. The van der Waals surface area contributed by atoms with Crippen LogP contribution in [0.5, 0.6) is 0 Å². The van der Waals surface area contributed by atoms with Gasteiger partial charge in [-0.2, -0.15) is 0 Å². The van der Waals surface area contributed by atoms with E-state index in [0.717, 1.165) is 0 Å². The number of carbonyl (C=O) groups is 3. The smallest absolute Gasteiger partial charge is 0.339 e. The van der Waals surface area contributed by atoms with Gasteiger partial charge in [-0.05, 0) is 26.0 Å². The molecule has 0 aromatic heterocycles. The molecule has 0 aliphatic heterocycles. The SMILES string of the molecule is CC(C)NC(=O)CNC(=O)Nc1cccc(Cl)c1C(=O)O. The number of amides is 3. The fourth-order valence-electron chi connectivity index (χ4n) is 1.55. The number of benzene rings is 1. The summed E-state index contributed by atoms with van der Waals surface area (Å²) in [6.07, 6.45) is 0. The van der Waals surface area contributed by atoms with E-state index >= 15 is 0 Å². The van der Waals surface area contributed by atoms with Crippen LogP contribution >= 0.6 is 11.6 Å². The lowest BCUT2D eigenvalue weighted by molar-refractivity contribution is -0.120. The Bertz CT molecular complexity index is 560. The van der Waals surface area contributed by atoms with Gasteiger partial charge in [0.2, 0.25) is 5.91 Å². The Kier molecular flexibility index (Phi) is 5.98. The first-order valence-corrected chi connectivity index (χ1v) is 6.55. The second-order valence-corrected chi connectivity index (χ2v) is 4.90. The molecule has 4 N–H and O–H groups in total. The van der Waals surface area contributed by atoms with E-state index in [0.29, 0.717) is 0 Å². The van der Waals surface area contributed by atoms with Gasteiger partial charge < -0.3 is 21.1 Å². The Hall–Kier alpha value is -2.28. The summed E-state index contributed by atoms with van der Waals surface area (Å²) in [5.74, 6) is -1.60. The van der Waals surface area contributed by atoms with Gasteiger partial charge in [0.1, 0.15) is 5.56 Å². The van der Waals surface area contributed by atoms with Gasteiger partial charge in [0.25, 0.3) is 0 Å². The molecule has 0 aliphatic carbocycles. The normalized spacial score (nSPS) is 10.1. The topological polar surface area (TPSA) is 108 Å². The van der Waals surface area contributed by atoms with Crippen LogP contribution in [-0.2, 0) is 4.79 Å². The van der Waals surface area contributed by atoms with Crippen molar-refractivity contribution in [2.75, 3.05) is 11.9 Å². The third kappa shape index (κ3) is 5.31. The molecular weight excluding hydrogens is 298 g/mol. The van der Waals surface area contributed by atoms with Gasteiger partial charge in [0.15, 0.2) is 0 Å². The second-order valence-electron chi connectivity index (χ2n) is 4.50. The molecule has 0 fully saturated rings. The monoisotopic (exact) mass is 313 g/mol. The van der Waals surface area contributed by atoms with Crippen LogP contribution in [-0.4, -0.2) is 35.6 Å². The summed E-state index contributed by atoms with van der Waals surface area (Å²) in [5, 5.41) is 16.3. The molecular formula is C13H16ClN3O4. The van der Waals surface area contributed by atoms with Gasteiger partial charge >= 0.3 is 12.0 Å². The molecule has 0 spiro atoms. The summed E-state index contributed by atoms with van der Waals surface area (Å²) >= 11 is 5.78. The van der Waals surface area contributed by atoms with Crippen molar-refractivity contribution >= 4 is 35.2 Å². The predicted octanol–water partition coefficient (Wildman–Crippen LogP) is 1.68. The number of carboxylic acid groups (broad SMARTS) is 1. The fourth-order valence-corrected chi connectivity index (χ4v) is 1.80. The van der Waals surface area contributed by atoms with Crippen LogP contribution in [0.1, 0.15) is 24.2 Å². The van der Waals surface area contributed by atoms with Gasteiger partial charge in [-0.15, -0.1) is 0 Å². The van der Waals surface area contributed by atoms with Crippen molar-refractivity contribution in [1.82, 2.24) is 10.6 Å². The standard InChI is InChI=1S/C13H16ClN3O4/c1-7(2)16-10(18)6-15-13(21)17-9-5-3-4-8(14)11(9)12(19)20/h3-5,7H,6H2,1-2H3,(H,16,18)(H,19,20)(H2,15,17,21). The Morgan fingerprint density at radius 1 is 1.29 bits per heavy atom. The molecule has 0 saturated carbocycles. The molecule has 21 heavy (non-hydrogen) atoms. The quantitative estimate of drug-likeness (QED) is 0.663. The summed E-state index contributed by atoms with van der Waals surface area (Å²) in [6.45, 7) is 3.37. The first-order valence-electron chi connectivity index (χ1n) is 6.17. The molecule has 1 rings (SSSR count). The van der Waals surface area contributed by atoms with E-state index in [4.69, 9.17) is 16.7 Å². The van der Waals surface area contributed by atoms with Crippen molar-refractivity contribution in [2.45, 2.75) is 19.9 Å². The number of aromatic carboxylic acids is 1. The van der Waals surface area contributed by atoms with Crippen molar-refractivity contribution in [3.63, 3.8) is 0 Å². The zero-order chi connectivity index (χ0) is 16.0. The highest BCUT2D eigenvalue weighted by atomic mass is 35.5. The van der Waals surface area contributed by atoms with Crippen molar-refractivity contribution < 1.29 is 19.5 Å². The number of carboxylic acids is 1. The maximum absolute atomic E-state index is 11.7. The van der Waals surface area contributed by atoms with Crippen molar-refractivity contribution in [3.05, 3.63) is 28.8 Å². The minimum absolute atomic E-state index is 0.0119. The average Bonchev–Trinajstić information content (AvgIpc) is 2.35. The van der Waals surface area contributed by atoms with E-state index in [1.165, 1.54) is 18.2 Å². The van der Waals surface area contributed by atoms with E-state index < -0.39 is 12.0 Å². The first-order chi connectivity index (χ1) is 9.81. The Labute approximate surface area is 126 Å². The Balaban J connectivity index is 2.66. The van der Waals surface area contributed by atoms with Gasteiger partial charge in [-0.3, -0.25) is 4.79 Å². The van der Waals surface area contributed by atoms with Gasteiger partial charge in [-0.25, -0.2) is 9.59 Å². The summed E-state index contributed by atoms with van der Waals surface area (Å²) in [5.41, 5.74) is -0.155. The number of halogens is 1. The second kappa shape index (κ2) is 7.49. The van der Waals surface area contributed by atoms with Crippen LogP contribution in [0.4, 0.5) is 10.5 Å². The van der Waals surface area contributed by atoms with Crippen LogP contribution in [0.2, 0.25) is 5.02 Å². The number of nitrogens with one attached hydrogen (secondary N) is 3. The molecule has 1 aromatic rings. The molecule has 0 aliphatic rings. The van der Waals surface area contributed by atoms with Crippen LogP contribution in [0.25, 0.3) is 0 Å². The number of carbonyl (C=O) groups excluding carboxylic acids is 2. The third-order valence-corrected chi connectivity index (χ3v) is 2.65. The molecule has 0 radical (unpaired) electrons. The third-order valence-electron chi connectivity index (χ3n) is 2.33. The number of urea groups is 1. The van der Waals surface area contributed by atoms with Crippen LogP contribution < -0.4 is 16.0 Å². The van der Waals surface area contributed by atoms with Crippen LogP contribution in [0, 0.1) is 0 Å². The van der Waals surface area contributed by atoms with E-state index in [1.807, 2.05) is 0 Å². The molecule has 0 bridgehead atoms. The summed E-state index contributed by atoms with van der Waals surface area (Å²) in [6, 6.07) is 3.59. The van der Waals surface area contributed by atoms with E-state index in [1.54, 1.807) is 13.8 Å². The largest absolute Gasteiger partial charge is 0.478 e. The Morgan fingerprint density at radius 3 is 2.52 bits per heavy atom. The first kappa shape index (κ1) is 16.8. The fraction of sp³-hybridized carbons (Fsp3) is 0.308. The van der Waals surface area contributed by atoms with E-state index in [2.05, 4.69) is 16.0 Å². The molecule has 0 atom stereocenters. The zero-order valence-corrected chi connectivity index (χ0v) is 12.3. The summed E-state index contributed by atoms with van der Waals surface area (Å²) in [4.78, 5) is 34.1. The van der Waals surface area contributed by atoms with Crippen LogP contribution in [0.3, 0.4) is 0 Å². The lowest BCUT2D eigenvalue weighted by Gasteiger charge is -2.12. The molecule has 7 nitrogen and oxygen atoms in total. The number of hydrogen-bond acceptors (Lipinski definition) is 3. The van der Waals surface area contributed by atoms with Crippen molar-refractivity contribution in [2.24, 2.45) is 0 Å². The number of rotatable bonds is 5. The highest BCUT2D eigenvalue weighted by molar-refractivity contribution is 6.34. The lowest BCUT2D eigenvalue weighted by Crippen LogP contribution is -2.41. The van der Waals surface area contributed by atoms with E-state index in [-0.39, 0.29) is 34.8 Å². The van der Waals surface area contributed by atoms with Crippen molar-refractivity contribution in [1.29, 1.82) is 0 Å². The molecule has 3 amide bonds. The van der Waals surface area contributed by atoms with E-state index in [9.17, 15) is 14.4 Å². The summed E-state index contributed by atoms with van der Waals surface area (Å²) < 4.78 is 0. The molecule has 114 valence electrons. The number of hydrogen-bond donors (Lipinski definition) is 4. The average molecular weight is 314 g/mol. The summed E-state index contributed by atoms with van der Waals surface area (Å²) in [7, 11) is 0. The predicted molar refractivity (Wildman–Crippen MR) is 78.7 cm³/mol. The molecule has 0 heterocycles. The minimum atomic E-state index is -1.26. The highest BCUT2D eigenvalue weighted by Gasteiger charge is 2.16. The van der Waals surface area contributed by atoms with Gasteiger partial charge in [0, 0.05) is 6.04 Å². The zero-order valence-electron chi connectivity index (χ0n) is 11.6. The van der Waals surface area contributed by atoms with Gasteiger partial charge in [0.05, 0.1) is 17.3 Å². The van der Waals surface area contributed by atoms with Crippen LogP contribution in [0.15, 0.2) is 18.2 Å². The molecule has 0 saturated heterocycles. The molecule has 0 unspecified atom stereocenters. The van der Waals surface area contributed by atoms with Gasteiger partial charge in [-0.1, -0.05) is 17.7 Å². The van der Waals surface area contributed by atoms with Crippen molar-refractivity contribution in [3.8, 4) is 0 Å². The maximum atomic E-state index is 11.7. The lowest BCUT2D eigenvalue weighted by atomic mass is 10.2. The minimum Gasteiger partial charge on any atom is -0.478 e.